The van der Waals surface area contributed by atoms with E-state index in [2.05, 4.69) is 0 Å². The molecular weight excluding hydrogens is 548 g/mol. The molecule has 0 fully saturated rings. The molecule has 0 saturated heterocycles. The van der Waals surface area contributed by atoms with Crippen LogP contribution < -0.4 is 19.9 Å². The van der Waals surface area contributed by atoms with Crippen molar-refractivity contribution in [1.82, 2.24) is 4.90 Å². The predicted octanol–water partition coefficient (Wildman–Crippen LogP) is 1.81. The van der Waals surface area contributed by atoms with Crippen LogP contribution >= 0.6 is 0 Å². The van der Waals surface area contributed by atoms with E-state index in [0.717, 1.165) is 0 Å². The molecule has 3 aliphatic carbocycles. The minimum atomic E-state index is -2.70. The molecule has 4 atom stereocenters. The summed E-state index contributed by atoms with van der Waals surface area (Å²) in [6.45, 7) is 0. The van der Waals surface area contributed by atoms with Crippen LogP contribution in [0.25, 0.3) is 11.1 Å². The fourth-order valence-corrected chi connectivity index (χ4v) is 6.82. The topological polar surface area (TPSA) is 189 Å². The number of likely N-dealkylation sites (N-methyl/N-ethyl adjacent to an activating group) is 1. The second-order valence-corrected chi connectivity index (χ2v) is 10.8. The average Bonchev–Trinajstić information content (AvgIpc) is 2.93. The summed E-state index contributed by atoms with van der Waals surface area (Å²) in [5.74, 6) is -6.01. The smallest absolute Gasteiger partial charge is 0.255 e. The number of hydrogen-bond acceptors (Lipinski definition) is 11. The van der Waals surface area contributed by atoms with Crippen molar-refractivity contribution in [2.24, 2.45) is 17.6 Å². The zero-order chi connectivity index (χ0) is 30.8. The van der Waals surface area contributed by atoms with E-state index in [1.807, 2.05) is 0 Å². The van der Waals surface area contributed by atoms with Gasteiger partial charge < -0.3 is 40.4 Å². The zero-order valence-electron chi connectivity index (χ0n) is 23.7. The van der Waals surface area contributed by atoms with Gasteiger partial charge in [0.2, 0.25) is 11.5 Å². The summed E-state index contributed by atoms with van der Waals surface area (Å²) in [4.78, 5) is 41.1. The van der Waals surface area contributed by atoms with Crippen LogP contribution in [0.3, 0.4) is 0 Å². The Morgan fingerprint density at radius 1 is 0.976 bits per heavy atom. The third-order valence-corrected chi connectivity index (χ3v) is 8.60. The van der Waals surface area contributed by atoms with Gasteiger partial charge in [0.25, 0.3) is 5.91 Å². The third-order valence-electron chi connectivity index (χ3n) is 8.60. The van der Waals surface area contributed by atoms with E-state index in [1.165, 1.54) is 32.3 Å². The number of fused-ring (bicyclic) bond motifs is 3. The number of methoxy groups -OCH3 is 3. The first-order chi connectivity index (χ1) is 19.8. The van der Waals surface area contributed by atoms with Crippen LogP contribution in [0.2, 0.25) is 0 Å². The van der Waals surface area contributed by atoms with Gasteiger partial charge in [0.05, 0.1) is 32.9 Å². The molecule has 0 aromatic heterocycles. The average molecular weight is 581 g/mol. The molecule has 12 nitrogen and oxygen atoms in total. The lowest BCUT2D eigenvalue weighted by atomic mass is 9.58. The summed E-state index contributed by atoms with van der Waals surface area (Å²) in [6.07, 6.45) is 0.0969. The molecule has 0 saturated carbocycles. The maximum absolute atomic E-state index is 14.0. The summed E-state index contributed by atoms with van der Waals surface area (Å²) < 4.78 is 16.6. The van der Waals surface area contributed by atoms with Crippen molar-refractivity contribution < 1.29 is 49.0 Å². The molecule has 42 heavy (non-hydrogen) atoms. The highest BCUT2D eigenvalue weighted by molar-refractivity contribution is 6.25. The molecule has 12 heteroatoms. The van der Waals surface area contributed by atoms with E-state index < -0.39 is 58.0 Å². The van der Waals surface area contributed by atoms with Crippen molar-refractivity contribution in [3.8, 4) is 34.1 Å². The number of Topliss-reactive ketones (excluding diaryl/α,β-unsaturated/α-hetero) is 2. The van der Waals surface area contributed by atoms with Crippen LogP contribution in [0, 0.1) is 11.8 Å². The molecule has 2 aromatic carbocycles. The number of nitrogens with two attached hydrogens (primary N) is 1. The van der Waals surface area contributed by atoms with Gasteiger partial charge in [-0.3, -0.25) is 19.3 Å². The van der Waals surface area contributed by atoms with E-state index >= 15 is 0 Å². The van der Waals surface area contributed by atoms with E-state index in [1.54, 1.807) is 32.3 Å². The van der Waals surface area contributed by atoms with Gasteiger partial charge >= 0.3 is 0 Å². The molecule has 0 bridgehead atoms. The molecule has 1 unspecified atom stereocenters. The normalized spacial score (nSPS) is 25.2. The number of hydrogen-bond donors (Lipinski definition) is 5. The Bertz CT molecular complexity index is 1610. The van der Waals surface area contributed by atoms with Gasteiger partial charge in [0.1, 0.15) is 22.8 Å². The number of phenols is 1. The van der Waals surface area contributed by atoms with E-state index in [0.29, 0.717) is 33.9 Å². The van der Waals surface area contributed by atoms with Crippen molar-refractivity contribution in [2.75, 3.05) is 35.4 Å². The Morgan fingerprint density at radius 3 is 2.19 bits per heavy atom. The standard InChI is InChI=1S/C30H32N2O10/c1-32(2)22-16-11-12-10-15-13(14-7-9-18(40-3)26(42-5)25(14)41-4)6-8-17(33)20(15)23(34)19(12)27(36)30(16,39)28(37)21(24(22)35)29(31)38/h6-9,12,16,22,33,35-36,39H,10-11H2,1-5H3,(H2,31,38)/t12-,16+,22?,30+/m1/s1. The summed E-state index contributed by atoms with van der Waals surface area (Å²) in [7, 11) is 7.56. The van der Waals surface area contributed by atoms with Gasteiger partial charge in [-0.05, 0) is 62.2 Å². The van der Waals surface area contributed by atoms with E-state index in [9.17, 15) is 34.8 Å². The molecule has 2 aromatic rings. The number of ether oxygens (including phenoxy) is 3. The number of aliphatic hydroxyl groups is 3. The Labute approximate surface area is 241 Å². The predicted molar refractivity (Wildman–Crippen MR) is 149 cm³/mol. The highest BCUT2D eigenvalue weighted by atomic mass is 16.5. The SMILES string of the molecule is COc1ccc(-c2ccc(O)c3c2C[C@@H]2C[C@H]4C(N(C)C)C(O)=C(C(N)=O)C(=O)[C@@]4(O)C(O)=C2C3=O)c(OC)c1OC. The molecule has 0 aliphatic heterocycles. The number of phenolic OH excluding ortho intramolecular Hbond substituents is 1. The number of ketones is 2. The second-order valence-electron chi connectivity index (χ2n) is 10.8. The number of allylic oxidation sites excluding steroid dienone is 1. The summed E-state index contributed by atoms with van der Waals surface area (Å²) in [6, 6.07) is 5.30. The van der Waals surface area contributed by atoms with E-state index in [-0.39, 0.29) is 29.7 Å². The quantitative estimate of drug-likeness (QED) is 0.313. The van der Waals surface area contributed by atoms with Crippen LogP contribution in [0.15, 0.2) is 46.9 Å². The van der Waals surface area contributed by atoms with Crippen molar-refractivity contribution in [3.05, 3.63) is 58.1 Å². The van der Waals surface area contributed by atoms with Gasteiger partial charge in [-0.15, -0.1) is 0 Å². The van der Waals surface area contributed by atoms with Crippen LogP contribution in [0.5, 0.6) is 23.0 Å². The number of nitrogens with zero attached hydrogens (tertiary/aromatic N) is 1. The number of rotatable bonds is 6. The molecule has 0 heterocycles. The molecule has 222 valence electrons. The fourth-order valence-electron chi connectivity index (χ4n) is 6.82. The number of benzene rings is 2. The molecular formula is C30H32N2O10. The molecule has 1 amide bonds. The van der Waals surface area contributed by atoms with Crippen molar-refractivity contribution in [1.29, 1.82) is 0 Å². The van der Waals surface area contributed by atoms with Gasteiger partial charge in [0, 0.05) is 17.1 Å². The third kappa shape index (κ3) is 3.78. The van der Waals surface area contributed by atoms with Crippen LogP contribution in [0.4, 0.5) is 0 Å². The van der Waals surface area contributed by atoms with Crippen LogP contribution in [0.1, 0.15) is 22.3 Å². The summed E-state index contributed by atoms with van der Waals surface area (Å²) in [5.41, 5.74) is 3.04. The molecule has 5 rings (SSSR count). The van der Waals surface area contributed by atoms with Gasteiger partial charge in [-0.1, -0.05) is 6.07 Å². The number of aromatic hydroxyl groups is 1. The highest BCUT2D eigenvalue weighted by Gasteiger charge is 2.63. The fraction of sp³-hybridized carbons (Fsp3) is 0.367. The molecule has 3 aliphatic rings. The van der Waals surface area contributed by atoms with Crippen molar-refractivity contribution in [2.45, 2.75) is 24.5 Å². The number of carbonyl (C=O) groups is 3. The molecule has 0 radical (unpaired) electrons. The van der Waals surface area contributed by atoms with Crippen LogP contribution in [-0.2, 0) is 16.0 Å². The Balaban J connectivity index is 1.74. The Kier molecular flexibility index (Phi) is 6.94. The first kappa shape index (κ1) is 29.0. The Morgan fingerprint density at radius 2 is 1.62 bits per heavy atom. The Hall–Kier alpha value is -4.55. The second kappa shape index (κ2) is 10.1. The molecule has 6 N–H and O–H groups in total. The van der Waals surface area contributed by atoms with Gasteiger partial charge in [-0.25, -0.2) is 0 Å². The summed E-state index contributed by atoms with van der Waals surface area (Å²) >= 11 is 0. The lowest BCUT2D eigenvalue weighted by molar-refractivity contribution is -0.148. The van der Waals surface area contributed by atoms with E-state index in [4.69, 9.17) is 19.9 Å². The minimum absolute atomic E-state index is 0.0239. The largest absolute Gasteiger partial charge is 0.510 e. The lowest BCUT2D eigenvalue weighted by Crippen LogP contribution is -2.63. The first-order valence-corrected chi connectivity index (χ1v) is 13.1. The monoisotopic (exact) mass is 580 g/mol. The molecule has 0 spiro atoms. The van der Waals surface area contributed by atoms with Gasteiger partial charge in [0.15, 0.2) is 22.9 Å². The maximum Gasteiger partial charge on any atom is 0.255 e. The number of aliphatic hydroxyl groups excluding tert-OH is 2. The zero-order valence-corrected chi connectivity index (χ0v) is 23.7. The highest BCUT2D eigenvalue weighted by Crippen LogP contribution is 2.54. The first-order valence-electron chi connectivity index (χ1n) is 13.1. The van der Waals surface area contributed by atoms with Crippen LogP contribution in [-0.4, -0.2) is 89.9 Å². The number of amides is 1. The van der Waals surface area contributed by atoms with Gasteiger partial charge in [-0.2, -0.15) is 0 Å². The summed E-state index contributed by atoms with van der Waals surface area (Å²) in [5, 5.41) is 45.0. The number of primary amides is 1. The lowest BCUT2D eigenvalue weighted by Gasteiger charge is -2.50. The van der Waals surface area contributed by atoms with Crippen molar-refractivity contribution in [3.63, 3.8) is 0 Å². The maximum atomic E-state index is 14.0. The number of carbonyl (C=O) groups excluding carboxylic acids is 3. The minimum Gasteiger partial charge on any atom is -0.510 e. The van der Waals surface area contributed by atoms with Crippen molar-refractivity contribution >= 4 is 17.5 Å².